The molecule has 26 heavy (non-hydrogen) atoms. The highest BCUT2D eigenvalue weighted by Gasteiger charge is 2.37. The molecule has 0 aromatic heterocycles. The Morgan fingerprint density at radius 1 is 1.19 bits per heavy atom. The molecule has 0 bridgehead atoms. The van der Waals surface area contributed by atoms with Crippen molar-refractivity contribution >= 4 is 51.7 Å². The molecule has 0 atom stereocenters. The van der Waals surface area contributed by atoms with Gasteiger partial charge in [-0.25, -0.2) is 9.89 Å². The lowest BCUT2D eigenvalue weighted by Gasteiger charge is -2.17. The smallest absolute Gasteiger partial charge is 0.266 e. The fraction of sp³-hybridized carbons (Fsp3) is 0.111. The van der Waals surface area contributed by atoms with Gasteiger partial charge in [-0.15, -0.1) is 0 Å². The Morgan fingerprint density at radius 3 is 2.58 bits per heavy atom. The molecule has 1 aliphatic heterocycles. The second-order valence-electron chi connectivity index (χ2n) is 5.46. The van der Waals surface area contributed by atoms with Gasteiger partial charge in [0.05, 0.1) is 22.5 Å². The van der Waals surface area contributed by atoms with Crippen molar-refractivity contribution in [3.05, 3.63) is 58.1 Å². The van der Waals surface area contributed by atoms with Gasteiger partial charge < -0.3 is 0 Å². The predicted octanol–water partition coefficient (Wildman–Crippen LogP) is 3.87. The topological polar surface area (TPSA) is 85.6 Å². The zero-order chi connectivity index (χ0) is 18.8. The van der Waals surface area contributed by atoms with Crippen LogP contribution in [0.4, 0.5) is 11.4 Å². The third kappa shape index (κ3) is 3.17. The molecule has 0 radical (unpaired) electrons. The Bertz CT molecular complexity index is 997. The van der Waals surface area contributed by atoms with Crippen molar-refractivity contribution in [2.75, 3.05) is 11.2 Å². The van der Waals surface area contributed by atoms with E-state index in [1.807, 2.05) is 6.19 Å². The minimum Gasteiger partial charge on any atom is -0.271 e. The van der Waals surface area contributed by atoms with E-state index >= 15 is 0 Å². The molecule has 2 aromatic rings. The molecular weight excluding hydrogens is 372 g/mol. The van der Waals surface area contributed by atoms with Crippen molar-refractivity contribution in [2.45, 2.75) is 6.92 Å². The van der Waals surface area contributed by atoms with E-state index in [0.29, 0.717) is 38.3 Å². The summed E-state index contributed by atoms with van der Waals surface area (Å²) in [7, 11) is 0. The van der Waals surface area contributed by atoms with Crippen LogP contribution in [0.25, 0.3) is 0 Å². The summed E-state index contributed by atoms with van der Waals surface area (Å²) in [6.45, 7) is 1.79. The van der Waals surface area contributed by atoms with Gasteiger partial charge in [-0.05, 0) is 55.1 Å². The largest absolute Gasteiger partial charge is 0.271 e. The standard InChI is InChI=1S/C18H13ClN4O2S/c1-10-7-12(22-18(26-2)21-9-20)4-6-15(10)23-16(24)13-5-3-11(19)8-14(13)17(23)25/h3-8H,1-2H3,(H,21,22). The van der Waals surface area contributed by atoms with Gasteiger partial charge >= 0.3 is 0 Å². The zero-order valence-corrected chi connectivity index (χ0v) is 15.5. The number of carbonyl (C=O) groups excluding carboxylic acids is 2. The first-order valence-electron chi connectivity index (χ1n) is 7.53. The second kappa shape index (κ2) is 7.20. The van der Waals surface area contributed by atoms with Crippen LogP contribution in [0.15, 0.2) is 41.4 Å². The van der Waals surface area contributed by atoms with E-state index in [4.69, 9.17) is 16.9 Å². The van der Waals surface area contributed by atoms with E-state index in [2.05, 4.69) is 10.3 Å². The van der Waals surface area contributed by atoms with Crippen LogP contribution in [-0.4, -0.2) is 23.2 Å². The lowest BCUT2D eigenvalue weighted by atomic mass is 10.1. The highest BCUT2D eigenvalue weighted by atomic mass is 35.5. The average Bonchev–Trinajstić information content (AvgIpc) is 2.85. The molecule has 0 saturated heterocycles. The van der Waals surface area contributed by atoms with Gasteiger partial charge in [0, 0.05) is 5.02 Å². The van der Waals surface area contributed by atoms with Crippen molar-refractivity contribution in [1.82, 2.24) is 5.32 Å². The number of nitrogens with zero attached hydrogens (tertiary/aromatic N) is 3. The first kappa shape index (κ1) is 18.0. The molecule has 0 aliphatic carbocycles. The van der Waals surface area contributed by atoms with Gasteiger partial charge in [-0.1, -0.05) is 23.4 Å². The van der Waals surface area contributed by atoms with Gasteiger partial charge in [0.2, 0.25) is 0 Å². The van der Waals surface area contributed by atoms with E-state index in [-0.39, 0.29) is 5.91 Å². The minimum absolute atomic E-state index is 0.298. The van der Waals surface area contributed by atoms with Gasteiger partial charge in [-0.3, -0.25) is 14.9 Å². The number of hydrogen-bond donors (Lipinski definition) is 1. The molecule has 6 nitrogen and oxygen atoms in total. The van der Waals surface area contributed by atoms with Crippen molar-refractivity contribution < 1.29 is 9.59 Å². The maximum absolute atomic E-state index is 12.7. The normalized spacial score (nSPS) is 13.6. The Labute approximate surface area is 159 Å². The number of hydrogen-bond acceptors (Lipinski definition) is 5. The van der Waals surface area contributed by atoms with Crippen LogP contribution in [-0.2, 0) is 0 Å². The number of nitriles is 1. The molecule has 1 aliphatic rings. The molecular formula is C18H13ClN4O2S. The summed E-state index contributed by atoms with van der Waals surface area (Å²) in [5, 5.41) is 12.1. The SMILES string of the molecule is CSC(=Nc1ccc(N2C(=O)c3ccc(Cl)cc3C2=O)c(C)c1)NC#N. The van der Waals surface area contributed by atoms with Crippen LogP contribution >= 0.6 is 23.4 Å². The lowest BCUT2D eigenvalue weighted by Crippen LogP contribution is -2.29. The zero-order valence-electron chi connectivity index (χ0n) is 13.9. The molecule has 130 valence electrons. The van der Waals surface area contributed by atoms with Crippen LogP contribution in [0.1, 0.15) is 26.3 Å². The molecule has 0 saturated carbocycles. The number of rotatable bonds is 2. The molecule has 0 fully saturated rings. The number of amides is 2. The van der Waals surface area contributed by atoms with E-state index in [0.717, 1.165) is 4.90 Å². The lowest BCUT2D eigenvalue weighted by molar-refractivity contribution is 0.0926. The molecule has 3 rings (SSSR count). The third-order valence-corrected chi connectivity index (χ3v) is 4.67. The first-order valence-corrected chi connectivity index (χ1v) is 9.13. The van der Waals surface area contributed by atoms with Gasteiger partial charge in [0.25, 0.3) is 11.8 Å². The molecule has 1 N–H and O–H groups in total. The monoisotopic (exact) mass is 384 g/mol. The number of amidine groups is 1. The Hall–Kier alpha value is -2.82. The third-order valence-electron chi connectivity index (χ3n) is 3.86. The minimum atomic E-state index is -0.400. The molecule has 8 heteroatoms. The molecule has 2 amide bonds. The fourth-order valence-corrected chi connectivity index (χ4v) is 3.20. The molecule has 2 aromatic carbocycles. The molecule has 0 unspecified atom stereocenters. The second-order valence-corrected chi connectivity index (χ2v) is 6.70. The van der Waals surface area contributed by atoms with E-state index in [1.165, 1.54) is 17.8 Å². The molecule has 0 spiro atoms. The average molecular weight is 385 g/mol. The van der Waals surface area contributed by atoms with E-state index in [9.17, 15) is 9.59 Å². The number of nitrogens with one attached hydrogen (secondary N) is 1. The molecule has 1 heterocycles. The van der Waals surface area contributed by atoms with Crippen LogP contribution in [0.3, 0.4) is 0 Å². The summed E-state index contributed by atoms with van der Waals surface area (Å²) < 4.78 is 0. The predicted molar refractivity (Wildman–Crippen MR) is 103 cm³/mol. The number of fused-ring (bicyclic) bond motifs is 1. The number of benzene rings is 2. The number of aryl methyl sites for hydroxylation is 1. The number of aliphatic imine (C=N–C) groups is 1. The number of thioether (sulfide) groups is 1. The van der Waals surface area contributed by atoms with Crippen LogP contribution in [0, 0.1) is 18.4 Å². The summed E-state index contributed by atoms with van der Waals surface area (Å²) in [5.74, 6) is -0.778. The van der Waals surface area contributed by atoms with Crippen molar-refractivity contribution in [3.63, 3.8) is 0 Å². The maximum atomic E-state index is 12.7. The number of anilines is 1. The summed E-state index contributed by atoms with van der Waals surface area (Å²) in [4.78, 5) is 30.8. The van der Waals surface area contributed by atoms with E-state index < -0.39 is 5.91 Å². The van der Waals surface area contributed by atoms with Crippen LogP contribution < -0.4 is 10.2 Å². The van der Waals surface area contributed by atoms with E-state index in [1.54, 1.807) is 43.5 Å². The Balaban J connectivity index is 1.98. The fourth-order valence-electron chi connectivity index (χ4n) is 2.68. The number of imide groups is 1. The van der Waals surface area contributed by atoms with Gasteiger partial charge in [0.15, 0.2) is 11.4 Å². The summed E-state index contributed by atoms with van der Waals surface area (Å²) in [6.07, 6.45) is 3.63. The van der Waals surface area contributed by atoms with Crippen molar-refractivity contribution in [2.24, 2.45) is 4.99 Å². The quantitative estimate of drug-likeness (QED) is 0.279. The first-order chi connectivity index (χ1) is 12.5. The van der Waals surface area contributed by atoms with Crippen LogP contribution in [0.2, 0.25) is 5.02 Å². The van der Waals surface area contributed by atoms with Crippen molar-refractivity contribution in [1.29, 1.82) is 5.26 Å². The highest BCUT2D eigenvalue weighted by Crippen LogP contribution is 2.33. The maximum Gasteiger partial charge on any atom is 0.266 e. The summed E-state index contributed by atoms with van der Waals surface area (Å²) >= 11 is 7.25. The Morgan fingerprint density at radius 2 is 1.92 bits per heavy atom. The van der Waals surface area contributed by atoms with Crippen molar-refractivity contribution in [3.8, 4) is 6.19 Å². The van der Waals surface area contributed by atoms with Crippen LogP contribution in [0.5, 0.6) is 0 Å². The number of halogens is 1. The summed E-state index contributed by atoms with van der Waals surface area (Å²) in [5.41, 5.74) is 2.45. The summed E-state index contributed by atoms with van der Waals surface area (Å²) in [6, 6.07) is 9.76. The Kier molecular flexibility index (Phi) is 4.98. The van der Waals surface area contributed by atoms with Gasteiger partial charge in [0.1, 0.15) is 0 Å². The number of carbonyl (C=O) groups is 2. The highest BCUT2D eigenvalue weighted by molar-refractivity contribution is 8.13. The van der Waals surface area contributed by atoms with Gasteiger partial charge in [-0.2, -0.15) is 5.26 Å².